The molecule has 2 aromatic heterocycles. The number of hydrogen-bond donors (Lipinski definition) is 1. The van der Waals surface area contributed by atoms with Crippen molar-refractivity contribution in [3.8, 4) is 0 Å². The van der Waals surface area contributed by atoms with Crippen LogP contribution in [0.5, 0.6) is 0 Å². The van der Waals surface area contributed by atoms with E-state index in [9.17, 15) is 9.59 Å². The maximum Gasteiger partial charge on any atom is 0.266 e. The van der Waals surface area contributed by atoms with Gasteiger partial charge in [0, 0.05) is 11.7 Å². The number of carbonyl (C=O) groups is 1. The minimum atomic E-state index is -0.180. The molecule has 1 amide bonds. The first-order valence-electron chi connectivity index (χ1n) is 11.0. The van der Waals surface area contributed by atoms with Crippen LogP contribution in [0.15, 0.2) is 35.4 Å². The maximum atomic E-state index is 13.2. The predicted molar refractivity (Wildman–Crippen MR) is 124 cm³/mol. The highest BCUT2D eigenvalue weighted by Crippen LogP contribution is 2.30. The van der Waals surface area contributed by atoms with Crippen LogP contribution in [0, 0.1) is 6.92 Å². The smallest absolute Gasteiger partial charge is 0.266 e. The summed E-state index contributed by atoms with van der Waals surface area (Å²) in [5, 5.41) is 3.57. The van der Waals surface area contributed by atoms with Gasteiger partial charge in [0.15, 0.2) is 0 Å². The lowest BCUT2D eigenvalue weighted by atomic mass is 9.95. The van der Waals surface area contributed by atoms with Crippen LogP contribution in [-0.4, -0.2) is 15.5 Å². The lowest BCUT2D eigenvalue weighted by molar-refractivity contribution is 0.103. The van der Waals surface area contributed by atoms with E-state index in [4.69, 9.17) is 0 Å². The highest BCUT2D eigenvalue weighted by Gasteiger charge is 2.22. The Hall–Kier alpha value is -2.47. The number of unbranched alkanes of at least 4 members (excludes halogenated alkanes) is 1. The zero-order valence-corrected chi connectivity index (χ0v) is 18.6. The SMILES string of the molecule is CCCCc1ccc(NC(=O)c2sc3ncn(C4CCCCC4)c(=O)c3c2C)cc1. The molecule has 0 atom stereocenters. The van der Waals surface area contributed by atoms with Gasteiger partial charge in [-0.2, -0.15) is 0 Å². The number of amides is 1. The van der Waals surface area contributed by atoms with Crippen molar-refractivity contribution in [2.45, 2.75) is 71.3 Å². The monoisotopic (exact) mass is 423 g/mol. The van der Waals surface area contributed by atoms with Gasteiger partial charge in [0.1, 0.15) is 4.83 Å². The molecule has 1 N–H and O–H groups in total. The second kappa shape index (κ2) is 9.13. The molecule has 3 aromatic rings. The Balaban J connectivity index is 1.58. The van der Waals surface area contributed by atoms with Gasteiger partial charge in [0.2, 0.25) is 0 Å². The Kier molecular flexibility index (Phi) is 6.32. The van der Waals surface area contributed by atoms with Crippen LogP contribution in [0.25, 0.3) is 10.2 Å². The summed E-state index contributed by atoms with van der Waals surface area (Å²) in [5.41, 5.74) is 2.76. The van der Waals surface area contributed by atoms with E-state index in [0.717, 1.165) is 49.8 Å². The average molecular weight is 424 g/mol. The quantitative estimate of drug-likeness (QED) is 0.539. The molecular formula is C24H29N3O2S. The van der Waals surface area contributed by atoms with Crippen molar-refractivity contribution in [2.24, 2.45) is 0 Å². The average Bonchev–Trinajstić information content (AvgIpc) is 3.11. The van der Waals surface area contributed by atoms with Crippen LogP contribution in [0.3, 0.4) is 0 Å². The summed E-state index contributed by atoms with van der Waals surface area (Å²) in [7, 11) is 0. The first-order valence-corrected chi connectivity index (χ1v) is 11.8. The molecular weight excluding hydrogens is 394 g/mol. The van der Waals surface area contributed by atoms with Gasteiger partial charge in [-0.05, 0) is 55.9 Å². The third-order valence-electron chi connectivity index (χ3n) is 6.08. The Bertz CT molecular complexity index is 1090. The van der Waals surface area contributed by atoms with Gasteiger partial charge in [-0.1, -0.05) is 44.7 Å². The molecule has 2 heterocycles. The summed E-state index contributed by atoms with van der Waals surface area (Å²) < 4.78 is 1.79. The fourth-order valence-electron chi connectivity index (χ4n) is 4.30. The third kappa shape index (κ3) is 4.19. The lowest BCUT2D eigenvalue weighted by Crippen LogP contribution is -2.26. The minimum absolute atomic E-state index is 0.0139. The zero-order valence-electron chi connectivity index (χ0n) is 17.7. The van der Waals surface area contributed by atoms with Crippen LogP contribution in [0.2, 0.25) is 0 Å². The number of anilines is 1. The van der Waals surface area contributed by atoms with Gasteiger partial charge in [-0.25, -0.2) is 4.98 Å². The highest BCUT2D eigenvalue weighted by molar-refractivity contribution is 7.20. The molecule has 6 heteroatoms. The molecule has 1 aliphatic carbocycles. The van der Waals surface area contributed by atoms with Crippen LogP contribution in [-0.2, 0) is 6.42 Å². The third-order valence-corrected chi connectivity index (χ3v) is 7.28. The number of thiophene rings is 1. The van der Waals surface area contributed by atoms with Crippen LogP contribution in [0.1, 0.15) is 78.7 Å². The number of nitrogens with one attached hydrogen (secondary N) is 1. The van der Waals surface area contributed by atoms with Gasteiger partial charge < -0.3 is 5.32 Å². The number of hydrogen-bond acceptors (Lipinski definition) is 4. The second-order valence-electron chi connectivity index (χ2n) is 8.24. The summed E-state index contributed by atoms with van der Waals surface area (Å²) in [4.78, 5) is 31.8. The number of aryl methyl sites for hydroxylation is 2. The molecule has 1 fully saturated rings. The van der Waals surface area contributed by atoms with E-state index in [-0.39, 0.29) is 17.5 Å². The maximum absolute atomic E-state index is 13.2. The molecule has 0 aliphatic heterocycles. The Morgan fingerprint density at radius 2 is 1.93 bits per heavy atom. The normalized spacial score (nSPS) is 14.9. The van der Waals surface area contributed by atoms with E-state index in [0.29, 0.717) is 15.1 Å². The Morgan fingerprint density at radius 1 is 1.20 bits per heavy atom. The Morgan fingerprint density at radius 3 is 2.63 bits per heavy atom. The molecule has 0 radical (unpaired) electrons. The summed E-state index contributed by atoms with van der Waals surface area (Å²) in [6.07, 6.45) is 10.7. The molecule has 0 spiro atoms. The van der Waals surface area contributed by atoms with E-state index in [2.05, 4.69) is 29.4 Å². The molecule has 1 saturated carbocycles. The molecule has 5 nitrogen and oxygen atoms in total. The topological polar surface area (TPSA) is 64.0 Å². The van der Waals surface area contributed by atoms with Crippen molar-refractivity contribution in [1.29, 1.82) is 0 Å². The van der Waals surface area contributed by atoms with Crippen molar-refractivity contribution >= 4 is 33.1 Å². The fraction of sp³-hybridized carbons (Fsp3) is 0.458. The van der Waals surface area contributed by atoms with E-state index in [1.54, 1.807) is 10.9 Å². The van der Waals surface area contributed by atoms with Gasteiger partial charge in [-0.15, -0.1) is 11.3 Å². The molecule has 30 heavy (non-hydrogen) atoms. The van der Waals surface area contributed by atoms with Gasteiger partial charge >= 0.3 is 0 Å². The fourth-order valence-corrected chi connectivity index (χ4v) is 5.33. The molecule has 1 aliphatic rings. The van der Waals surface area contributed by atoms with Crippen molar-refractivity contribution in [1.82, 2.24) is 9.55 Å². The van der Waals surface area contributed by atoms with Crippen molar-refractivity contribution < 1.29 is 4.79 Å². The summed E-state index contributed by atoms with van der Waals surface area (Å²) in [6, 6.07) is 8.24. The lowest BCUT2D eigenvalue weighted by Gasteiger charge is -2.23. The molecule has 4 rings (SSSR count). The standard InChI is InChI=1S/C24H29N3O2S/c1-3-4-8-17-11-13-18(14-12-17)26-22(28)21-16(2)20-23(30-21)25-15-27(24(20)29)19-9-6-5-7-10-19/h11-15,19H,3-10H2,1-2H3,(H,26,28). The molecule has 0 unspecified atom stereocenters. The van der Waals surface area contributed by atoms with Crippen LogP contribution < -0.4 is 10.9 Å². The van der Waals surface area contributed by atoms with Gasteiger partial charge in [0.25, 0.3) is 11.5 Å². The van der Waals surface area contributed by atoms with E-state index >= 15 is 0 Å². The molecule has 0 bridgehead atoms. The number of carbonyl (C=O) groups excluding carboxylic acids is 1. The largest absolute Gasteiger partial charge is 0.321 e. The van der Waals surface area contributed by atoms with Gasteiger partial charge in [0.05, 0.1) is 16.6 Å². The molecule has 0 saturated heterocycles. The zero-order chi connectivity index (χ0) is 21.1. The molecule has 1 aromatic carbocycles. The number of fused-ring (bicyclic) bond motifs is 1. The van der Waals surface area contributed by atoms with Crippen LogP contribution in [0.4, 0.5) is 5.69 Å². The van der Waals surface area contributed by atoms with E-state index < -0.39 is 0 Å². The van der Waals surface area contributed by atoms with Gasteiger partial charge in [-0.3, -0.25) is 14.2 Å². The summed E-state index contributed by atoms with van der Waals surface area (Å²) >= 11 is 1.30. The highest BCUT2D eigenvalue weighted by atomic mass is 32.1. The Labute approximate surface area is 181 Å². The summed E-state index contributed by atoms with van der Waals surface area (Å²) in [6.45, 7) is 4.04. The first-order chi connectivity index (χ1) is 14.6. The van der Waals surface area contributed by atoms with E-state index in [1.165, 1.54) is 29.7 Å². The summed E-state index contributed by atoms with van der Waals surface area (Å²) in [5.74, 6) is -0.180. The first kappa shape index (κ1) is 20.8. The number of benzene rings is 1. The number of aromatic nitrogens is 2. The number of rotatable bonds is 6. The van der Waals surface area contributed by atoms with Crippen LogP contribution >= 0.6 is 11.3 Å². The second-order valence-corrected chi connectivity index (χ2v) is 9.24. The minimum Gasteiger partial charge on any atom is -0.321 e. The van der Waals surface area contributed by atoms with Crippen molar-refractivity contribution in [3.63, 3.8) is 0 Å². The van der Waals surface area contributed by atoms with E-state index in [1.807, 2.05) is 19.1 Å². The predicted octanol–water partition coefficient (Wildman–Crippen LogP) is 5.87. The number of nitrogens with zero attached hydrogens (tertiary/aromatic N) is 2. The van der Waals surface area contributed by atoms with Crippen molar-refractivity contribution in [3.05, 3.63) is 57.0 Å². The molecule has 158 valence electrons. The van der Waals surface area contributed by atoms with Crippen molar-refractivity contribution in [2.75, 3.05) is 5.32 Å².